The molecule has 1 N–H and O–H groups in total. The van der Waals surface area contributed by atoms with Gasteiger partial charge in [-0.25, -0.2) is 0 Å². The average Bonchev–Trinajstić information content (AvgIpc) is 2.53. The molecular weight excluding hydrogens is 295 g/mol. The van der Waals surface area contributed by atoms with Gasteiger partial charge in [0.25, 0.3) is 0 Å². The third-order valence-corrected chi connectivity index (χ3v) is 4.09. The lowest BCUT2D eigenvalue weighted by molar-refractivity contribution is 0.282. The van der Waals surface area contributed by atoms with Gasteiger partial charge in [-0.15, -0.1) is 11.3 Å². The molecular formula is C10H9IOS. The molecule has 0 aliphatic rings. The minimum absolute atomic E-state index is 0.134. The van der Waals surface area contributed by atoms with Crippen LogP contribution in [0.25, 0.3) is 10.1 Å². The van der Waals surface area contributed by atoms with E-state index in [-0.39, 0.29) is 6.61 Å². The number of hydrogen-bond acceptors (Lipinski definition) is 2. The lowest BCUT2D eigenvalue weighted by atomic mass is 10.1. The topological polar surface area (TPSA) is 20.2 Å². The Hall–Kier alpha value is -0.130. The van der Waals surface area contributed by atoms with Gasteiger partial charge in [0, 0.05) is 13.8 Å². The van der Waals surface area contributed by atoms with Gasteiger partial charge in [0.05, 0.1) is 6.61 Å². The van der Waals surface area contributed by atoms with E-state index in [0.717, 1.165) is 9.13 Å². The lowest BCUT2D eigenvalue weighted by Crippen LogP contribution is -1.90. The molecule has 0 atom stereocenters. The van der Waals surface area contributed by atoms with Crippen LogP contribution in [0.3, 0.4) is 0 Å². The summed E-state index contributed by atoms with van der Waals surface area (Å²) < 4.78 is 2.39. The number of benzene rings is 1. The Morgan fingerprint density at radius 2 is 2.31 bits per heavy atom. The number of fused-ring (bicyclic) bond motifs is 1. The standard InChI is InChI=1S/C10H9IOS/c1-6-4-9(11)8(5-12)10-7(6)2-3-13-10/h2-4,12H,5H2,1H3. The SMILES string of the molecule is Cc1cc(I)c(CO)c2sccc12. The average molecular weight is 304 g/mol. The monoisotopic (exact) mass is 304 g/mol. The summed E-state index contributed by atoms with van der Waals surface area (Å²) in [6.45, 7) is 2.24. The third-order valence-electron chi connectivity index (χ3n) is 2.15. The minimum Gasteiger partial charge on any atom is -0.392 e. The van der Waals surface area contributed by atoms with Crippen LogP contribution >= 0.6 is 33.9 Å². The molecule has 0 aliphatic carbocycles. The largest absolute Gasteiger partial charge is 0.392 e. The number of rotatable bonds is 1. The number of aliphatic hydroxyl groups is 1. The van der Waals surface area contributed by atoms with Gasteiger partial charge in [-0.05, 0) is 58.0 Å². The molecule has 2 rings (SSSR count). The van der Waals surface area contributed by atoms with Crippen molar-refractivity contribution >= 4 is 44.0 Å². The number of hydrogen-bond donors (Lipinski definition) is 1. The van der Waals surface area contributed by atoms with E-state index in [4.69, 9.17) is 0 Å². The van der Waals surface area contributed by atoms with E-state index in [1.807, 2.05) is 0 Å². The van der Waals surface area contributed by atoms with E-state index in [0.29, 0.717) is 0 Å². The van der Waals surface area contributed by atoms with E-state index in [9.17, 15) is 5.11 Å². The van der Waals surface area contributed by atoms with Crippen molar-refractivity contribution in [2.75, 3.05) is 0 Å². The van der Waals surface area contributed by atoms with Crippen molar-refractivity contribution in [1.82, 2.24) is 0 Å². The van der Waals surface area contributed by atoms with Crippen molar-refractivity contribution in [1.29, 1.82) is 0 Å². The van der Waals surface area contributed by atoms with Crippen LogP contribution in [0.5, 0.6) is 0 Å². The normalized spacial score (nSPS) is 11.0. The molecule has 0 unspecified atom stereocenters. The number of thiophene rings is 1. The second kappa shape index (κ2) is 3.55. The van der Waals surface area contributed by atoms with Crippen LogP contribution in [-0.2, 0) is 6.61 Å². The summed E-state index contributed by atoms with van der Waals surface area (Å²) in [5.41, 5.74) is 2.36. The lowest BCUT2D eigenvalue weighted by Gasteiger charge is -2.05. The summed E-state index contributed by atoms with van der Waals surface area (Å²) in [6.07, 6.45) is 0. The molecule has 1 nitrogen and oxygen atoms in total. The second-order valence-corrected chi connectivity index (χ2v) is 5.05. The molecule has 0 aliphatic heterocycles. The molecule has 3 heteroatoms. The van der Waals surface area contributed by atoms with Crippen LogP contribution in [0.1, 0.15) is 11.1 Å². The fourth-order valence-electron chi connectivity index (χ4n) is 1.46. The Morgan fingerprint density at radius 1 is 1.54 bits per heavy atom. The van der Waals surface area contributed by atoms with Gasteiger partial charge in [-0.1, -0.05) is 0 Å². The smallest absolute Gasteiger partial charge is 0.0706 e. The van der Waals surface area contributed by atoms with Crippen molar-refractivity contribution in [3.63, 3.8) is 0 Å². The van der Waals surface area contributed by atoms with Crippen LogP contribution in [-0.4, -0.2) is 5.11 Å². The molecule has 0 radical (unpaired) electrons. The predicted molar refractivity (Wildman–Crippen MR) is 65.2 cm³/mol. The van der Waals surface area contributed by atoms with Crippen molar-refractivity contribution in [2.24, 2.45) is 0 Å². The van der Waals surface area contributed by atoms with Crippen molar-refractivity contribution in [3.05, 3.63) is 32.2 Å². The molecule has 0 saturated carbocycles. The van der Waals surface area contributed by atoms with Gasteiger partial charge in [0.2, 0.25) is 0 Å². The van der Waals surface area contributed by atoms with Crippen LogP contribution in [0.4, 0.5) is 0 Å². The van der Waals surface area contributed by atoms with E-state index < -0.39 is 0 Å². The molecule has 0 bridgehead atoms. The summed E-state index contributed by atoms with van der Waals surface area (Å²) >= 11 is 3.98. The molecule has 13 heavy (non-hydrogen) atoms. The zero-order valence-corrected chi connectivity index (χ0v) is 10.1. The fourth-order valence-corrected chi connectivity index (χ4v) is 3.57. The number of aliphatic hydroxyl groups excluding tert-OH is 1. The highest BCUT2D eigenvalue weighted by atomic mass is 127. The molecule has 1 aromatic carbocycles. The van der Waals surface area contributed by atoms with E-state index in [1.54, 1.807) is 11.3 Å². The molecule has 0 saturated heterocycles. The predicted octanol–water partition coefficient (Wildman–Crippen LogP) is 3.31. The fraction of sp³-hybridized carbons (Fsp3) is 0.200. The Kier molecular flexibility index (Phi) is 2.58. The van der Waals surface area contributed by atoms with Crippen molar-refractivity contribution < 1.29 is 5.11 Å². The van der Waals surface area contributed by atoms with Gasteiger partial charge >= 0.3 is 0 Å². The van der Waals surface area contributed by atoms with Crippen LogP contribution < -0.4 is 0 Å². The zero-order chi connectivity index (χ0) is 9.42. The summed E-state index contributed by atoms with van der Waals surface area (Å²) in [7, 11) is 0. The van der Waals surface area contributed by atoms with Crippen LogP contribution in [0, 0.1) is 10.5 Å². The Morgan fingerprint density at radius 3 is 3.00 bits per heavy atom. The maximum absolute atomic E-state index is 9.23. The Labute approximate surface area is 94.5 Å². The highest BCUT2D eigenvalue weighted by molar-refractivity contribution is 14.1. The first-order valence-corrected chi connectivity index (χ1v) is 5.96. The summed E-state index contributed by atoms with van der Waals surface area (Å²) in [5.74, 6) is 0. The minimum atomic E-state index is 0.134. The van der Waals surface area contributed by atoms with Gasteiger partial charge < -0.3 is 5.11 Å². The van der Waals surface area contributed by atoms with Gasteiger partial charge in [0.15, 0.2) is 0 Å². The molecule has 68 valence electrons. The maximum Gasteiger partial charge on any atom is 0.0706 e. The molecule has 0 spiro atoms. The summed E-state index contributed by atoms with van der Waals surface area (Å²) in [5, 5.41) is 12.6. The van der Waals surface area contributed by atoms with Crippen molar-refractivity contribution in [3.8, 4) is 0 Å². The van der Waals surface area contributed by atoms with E-state index >= 15 is 0 Å². The van der Waals surface area contributed by atoms with E-state index in [1.165, 1.54) is 15.6 Å². The summed E-state index contributed by atoms with van der Waals surface area (Å²) in [4.78, 5) is 0. The van der Waals surface area contributed by atoms with Gasteiger partial charge in [-0.3, -0.25) is 0 Å². The zero-order valence-electron chi connectivity index (χ0n) is 7.17. The first-order chi connectivity index (χ1) is 6.24. The van der Waals surface area contributed by atoms with Crippen LogP contribution in [0.2, 0.25) is 0 Å². The van der Waals surface area contributed by atoms with Gasteiger partial charge in [0.1, 0.15) is 0 Å². The van der Waals surface area contributed by atoms with E-state index in [2.05, 4.69) is 47.0 Å². The second-order valence-electron chi connectivity index (χ2n) is 2.98. The number of aryl methyl sites for hydroxylation is 1. The van der Waals surface area contributed by atoms with Crippen LogP contribution in [0.15, 0.2) is 17.5 Å². The van der Waals surface area contributed by atoms with Crippen molar-refractivity contribution in [2.45, 2.75) is 13.5 Å². The molecule has 0 amide bonds. The Balaban J connectivity index is 2.88. The molecule has 0 fully saturated rings. The highest BCUT2D eigenvalue weighted by Crippen LogP contribution is 2.31. The molecule has 1 heterocycles. The highest BCUT2D eigenvalue weighted by Gasteiger charge is 2.08. The first-order valence-electron chi connectivity index (χ1n) is 4.00. The first kappa shape index (κ1) is 9.43. The third kappa shape index (κ3) is 1.49. The summed E-state index contributed by atoms with van der Waals surface area (Å²) in [6, 6.07) is 4.24. The Bertz CT molecular complexity index is 447. The molecule has 2 aromatic rings. The molecule has 1 aromatic heterocycles. The van der Waals surface area contributed by atoms with Gasteiger partial charge in [-0.2, -0.15) is 0 Å². The number of halogens is 1. The quantitative estimate of drug-likeness (QED) is 0.802. The maximum atomic E-state index is 9.23.